The molecule has 1 heterocycles. The van der Waals surface area contributed by atoms with Crippen molar-refractivity contribution >= 4 is 23.2 Å². The summed E-state index contributed by atoms with van der Waals surface area (Å²) in [4.78, 5) is 2.29. The molecule has 0 saturated carbocycles. The van der Waals surface area contributed by atoms with Crippen molar-refractivity contribution in [2.75, 3.05) is 20.1 Å². The first-order valence-corrected chi connectivity index (χ1v) is 6.20. The molecule has 1 aromatic carbocycles. The summed E-state index contributed by atoms with van der Waals surface area (Å²) in [6.45, 7) is 2.05. The first-order valence-electron chi connectivity index (χ1n) is 5.44. The van der Waals surface area contributed by atoms with Gasteiger partial charge in [0, 0.05) is 5.54 Å². The second-order valence-corrected chi connectivity index (χ2v) is 5.40. The van der Waals surface area contributed by atoms with Crippen molar-refractivity contribution in [1.29, 1.82) is 0 Å². The van der Waals surface area contributed by atoms with E-state index < -0.39 is 0 Å². The van der Waals surface area contributed by atoms with Crippen molar-refractivity contribution in [1.82, 2.24) is 4.90 Å². The maximum absolute atomic E-state index is 6.43. The Labute approximate surface area is 106 Å². The molecular formula is C12H16Cl2N2. The molecule has 1 aromatic rings. The van der Waals surface area contributed by atoms with E-state index in [4.69, 9.17) is 28.9 Å². The average molecular weight is 259 g/mol. The molecule has 0 spiro atoms. The number of nitrogens with two attached hydrogens (primary N) is 1. The van der Waals surface area contributed by atoms with E-state index in [9.17, 15) is 0 Å². The molecule has 16 heavy (non-hydrogen) atoms. The molecule has 2 N–H and O–H groups in total. The molecule has 0 atom stereocenters. The van der Waals surface area contributed by atoms with Gasteiger partial charge in [-0.2, -0.15) is 0 Å². The van der Waals surface area contributed by atoms with Crippen LogP contribution in [-0.2, 0) is 5.54 Å². The Balaban J connectivity index is 2.25. The summed E-state index contributed by atoms with van der Waals surface area (Å²) >= 11 is 11.9. The van der Waals surface area contributed by atoms with Crippen molar-refractivity contribution in [3.8, 4) is 0 Å². The van der Waals surface area contributed by atoms with Crippen LogP contribution in [0.25, 0.3) is 0 Å². The van der Waals surface area contributed by atoms with E-state index in [2.05, 4.69) is 11.9 Å². The van der Waals surface area contributed by atoms with Crippen molar-refractivity contribution in [3.63, 3.8) is 0 Å². The van der Waals surface area contributed by atoms with Gasteiger partial charge in [-0.3, -0.25) is 0 Å². The second kappa shape index (κ2) is 4.53. The van der Waals surface area contributed by atoms with Crippen LogP contribution in [0.2, 0.25) is 10.0 Å². The number of rotatable bonds is 1. The minimum Gasteiger partial charge on any atom is -0.321 e. The maximum Gasteiger partial charge on any atom is 0.0595 e. The predicted molar refractivity (Wildman–Crippen MR) is 69.1 cm³/mol. The van der Waals surface area contributed by atoms with E-state index in [-0.39, 0.29) is 5.54 Å². The van der Waals surface area contributed by atoms with E-state index in [1.165, 1.54) is 0 Å². The van der Waals surface area contributed by atoms with Gasteiger partial charge >= 0.3 is 0 Å². The standard InChI is InChI=1S/C12H16Cl2N2/c1-16-6-4-12(15,5-7-16)9-2-3-10(13)11(14)8-9/h2-3,8H,4-7,15H2,1H3. The molecule has 1 aliphatic heterocycles. The predicted octanol–water partition coefficient (Wildman–Crippen LogP) is 2.87. The minimum absolute atomic E-state index is 0.249. The summed E-state index contributed by atoms with van der Waals surface area (Å²) in [5.74, 6) is 0. The lowest BCUT2D eigenvalue weighted by molar-refractivity contribution is 0.191. The number of hydrogen-bond acceptors (Lipinski definition) is 2. The Bertz CT molecular complexity index is 385. The van der Waals surface area contributed by atoms with Crippen LogP contribution in [0.5, 0.6) is 0 Å². The van der Waals surface area contributed by atoms with Crippen LogP contribution in [0.1, 0.15) is 18.4 Å². The monoisotopic (exact) mass is 258 g/mol. The maximum atomic E-state index is 6.43. The summed E-state index contributed by atoms with van der Waals surface area (Å²) in [5.41, 5.74) is 7.28. The molecule has 0 aliphatic carbocycles. The fourth-order valence-electron chi connectivity index (χ4n) is 2.11. The molecule has 0 radical (unpaired) electrons. The van der Waals surface area contributed by atoms with Crippen molar-refractivity contribution in [2.45, 2.75) is 18.4 Å². The van der Waals surface area contributed by atoms with Crippen LogP contribution in [-0.4, -0.2) is 25.0 Å². The molecule has 0 bridgehead atoms. The van der Waals surface area contributed by atoms with Gasteiger partial charge in [0.05, 0.1) is 10.0 Å². The molecule has 0 unspecified atom stereocenters. The van der Waals surface area contributed by atoms with E-state index in [0.29, 0.717) is 10.0 Å². The van der Waals surface area contributed by atoms with Gasteiger partial charge in [-0.05, 0) is 50.7 Å². The lowest BCUT2D eigenvalue weighted by atomic mass is 9.82. The third kappa shape index (κ3) is 2.35. The van der Waals surface area contributed by atoms with E-state index in [1.54, 1.807) is 0 Å². The lowest BCUT2D eigenvalue weighted by Gasteiger charge is -2.38. The highest BCUT2D eigenvalue weighted by atomic mass is 35.5. The van der Waals surface area contributed by atoms with Crippen LogP contribution in [0, 0.1) is 0 Å². The van der Waals surface area contributed by atoms with Crippen LogP contribution < -0.4 is 5.73 Å². The average Bonchev–Trinajstić information content (AvgIpc) is 2.26. The summed E-state index contributed by atoms with van der Waals surface area (Å²) in [5, 5.41) is 1.17. The van der Waals surface area contributed by atoms with Gasteiger partial charge < -0.3 is 10.6 Å². The summed E-state index contributed by atoms with van der Waals surface area (Å²) in [6.07, 6.45) is 1.92. The SMILES string of the molecule is CN1CCC(N)(c2ccc(Cl)c(Cl)c2)CC1. The number of benzene rings is 1. The number of likely N-dealkylation sites (tertiary alicyclic amines) is 1. The smallest absolute Gasteiger partial charge is 0.0595 e. The minimum atomic E-state index is -0.249. The quantitative estimate of drug-likeness (QED) is 0.840. The molecule has 2 rings (SSSR count). The van der Waals surface area contributed by atoms with Crippen LogP contribution in [0.15, 0.2) is 18.2 Å². The summed E-state index contributed by atoms with van der Waals surface area (Å²) in [7, 11) is 2.12. The van der Waals surface area contributed by atoms with Gasteiger partial charge in [0.2, 0.25) is 0 Å². The van der Waals surface area contributed by atoms with Gasteiger partial charge in [-0.25, -0.2) is 0 Å². The molecule has 1 aliphatic rings. The van der Waals surface area contributed by atoms with Crippen molar-refractivity contribution in [3.05, 3.63) is 33.8 Å². The first kappa shape index (κ1) is 12.2. The highest BCUT2D eigenvalue weighted by Crippen LogP contribution is 2.33. The Kier molecular flexibility index (Phi) is 3.45. The van der Waals surface area contributed by atoms with Gasteiger partial charge in [0.1, 0.15) is 0 Å². The number of halogens is 2. The molecule has 2 nitrogen and oxygen atoms in total. The van der Waals surface area contributed by atoms with Crippen LogP contribution in [0.3, 0.4) is 0 Å². The molecule has 88 valence electrons. The highest BCUT2D eigenvalue weighted by Gasteiger charge is 2.31. The van der Waals surface area contributed by atoms with E-state index >= 15 is 0 Å². The third-order valence-electron chi connectivity index (χ3n) is 3.37. The lowest BCUT2D eigenvalue weighted by Crippen LogP contribution is -2.46. The van der Waals surface area contributed by atoms with Gasteiger partial charge in [-0.1, -0.05) is 29.3 Å². The Morgan fingerprint density at radius 1 is 1.19 bits per heavy atom. The molecule has 0 aromatic heterocycles. The Hall–Kier alpha value is -0.280. The number of nitrogens with zero attached hydrogens (tertiary/aromatic N) is 1. The molecule has 1 fully saturated rings. The van der Waals surface area contributed by atoms with Crippen LogP contribution >= 0.6 is 23.2 Å². The zero-order chi connectivity index (χ0) is 11.8. The Morgan fingerprint density at radius 3 is 2.38 bits per heavy atom. The molecule has 0 amide bonds. The Morgan fingerprint density at radius 2 is 1.81 bits per heavy atom. The van der Waals surface area contributed by atoms with Gasteiger partial charge in [-0.15, -0.1) is 0 Å². The van der Waals surface area contributed by atoms with E-state index in [0.717, 1.165) is 31.5 Å². The normalized spacial score (nSPS) is 21.0. The second-order valence-electron chi connectivity index (χ2n) is 4.59. The molecule has 4 heteroatoms. The fourth-order valence-corrected chi connectivity index (χ4v) is 2.41. The van der Waals surface area contributed by atoms with Gasteiger partial charge in [0.15, 0.2) is 0 Å². The van der Waals surface area contributed by atoms with Crippen molar-refractivity contribution < 1.29 is 0 Å². The number of piperidine rings is 1. The van der Waals surface area contributed by atoms with Crippen molar-refractivity contribution in [2.24, 2.45) is 5.73 Å². The van der Waals surface area contributed by atoms with E-state index in [1.807, 2.05) is 18.2 Å². The topological polar surface area (TPSA) is 29.3 Å². The largest absolute Gasteiger partial charge is 0.321 e. The summed E-state index contributed by atoms with van der Waals surface area (Å²) in [6, 6.07) is 5.71. The third-order valence-corrected chi connectivity index (χ3v) is 4.11. The summed E-state index contributed by atoms with van der Waals surface area (Å²) < 4.78 is 0. The van der Waals surface area contributed by atoms with Gasteiger partial charge in [0.25, 0.3) is 0 Å². The zero-order valence-corrected chi connectivity index (χ0v) is 10.9. The highest BCUT2D eigenvalue weighted by molar-refractivity contribution is 6.42. The first-order chi connectivity index (χ1) is 7.51. The molecule has 1 saturated heterocycles. The number of hydrogen-bond donors (Lipinski definition) is 1. The van der Waals surface area contributed by atoms with Crippen LogP contribution in [0.4, 0.5) is 0 Å². The fraction of sp³-hybridized carbons (Fsp3) is 0.500. The zero-order valence-electron chi connectivity index (χ0n) is 9.34. The molecular weight excluding hydrogens is 243 g/mol.